The van der Waals surface area contributed by atoms with Crippen molar-refractivity contribution in [2.75, 3.05) is 19.8 Å². The molecule has 1 heterocycles. The summed E-state index contributed by atoms with van der Waals surface area (Å²) in [4.78, 5) is 0. The van der Waals surface area contributed by atoms with Gasteiger partial charge in [0.05, 0.1) is 13.2 Å². The lowest BCUT2D eigenvalue weighted by molar-refractivity contribution is -0.103. The Morgan fingerprint density at radius 3 is 2.56 bits per heavy atom. The Kier molecular flexibility index (Phi) is 5.92. The summed E-state index contributed by atoms with van der Waals surface area (Å²) in [5.41, 5.74) is 0. The zero-order chi connectivity index (χ0) is 12.0. The molecule has 4 nitrogen and oxygen atoms in total. The number of ether oxygens (including phenoxy) is 2. The van der Waals surface area contributed by atoms with Crippen molar-refractivity contribution in [3.05, 3.63) is 0 Å². The number of rotatable bonds is 9. The molecule has 0 aromatic heterocycles. The van der Waals surface area contributed by atoms with E-state index in [1.165, 1.54) is 0 Å². The van der Waals surface area contributed by atoms with E-state index in [2.05, 4.69) is 26.9 Å². The van der Waals surface area contributed by atoms with Gasteiger partial charge in [0, 0.05) is 6.61 Å². The Balaban J connectivity index is 2.22. The molecular formula is C11H24O4Si. The van der Waals surface area contributed by atoms with Crippen molar-refractivity contribution in [3.63, 3.8) is 0 Å². The van der Waals surface area contributed by atoms with Crippen LogP contribution in [0, 0.1) is 0 Å². The van der Waals surface area contributed by atoms with Crippen LogP contribution in [0.2, 0.25) is 13.1 Å². The normalized spacial score (nSPS) is 22.1. The molecule has 96 valence electrons. The van der Waals surface area contributed by atoms with Crippen molar-refractivity contribution in [1.82, 2.24) is 0 Å². The summed E-state index contributed by atoms with van der Waals surface area (Å²) in [6.45, 7) is 10.5. The van der Waals surface area contributed by atoms with Gasteiger partial charge in [0.1, 0.15) is 12.4 Å². The van der Waals surface area contributed by atoms with Gasteiger partial charge >= 0.3 is 8.56 Å². The van der Waals surface area contributed by atoms with Gasteiger partial charge in [-0.3, -0.25) is 0 Å². The Labute approximate surface area is 99.5 Å². The van der Waals surface area contributed by atoms with Crippen LogP contribution in [-0.4, -0.2) is 40.8 Å². The molecule has 16 heavy (non-hydrogen) atoms. The molecule has 1 saturated heterocycles. The predicted molar refractivity (Wildman–Crippen MR) is 64.6 cm³/mol. The lowest BCUT2D eigenvalue weighted by Crippen LogP contribution is -2.40. The van der Waals surface area contributed by atoms with Crippen molar-refractivity contribution in [1.29, 1.82) is 0 Å². The number of hydrogen-bond donors (Lipinski definition) is 0. The second-order valence-electron chi connectivity index (χ2n) is 4.49. The highest BCUT2D eigenvalue weighted by atomic mass is 28.4. The summed E-state index contributed by atoms with van der Waals surface area (Å²) < 4.78 is 22.4. The van der Waals surface area contributed by atoms with Crippen LogP contribution in [0.25, 0.3) is 0 Å². The summed E-state index contributed by atoms with van der Waals surface area (Å²) in [5, 5.41) is 0. The summed E-state index contributed by atoms with van der Waals surface area (Å²) in [7, 11) is -2.03. The van der Waals surface area contributed by atoms with Gasteiger partial charge in [-0.1, -0.05) is 13.8 Å². The fraction of sp³-hybridized carbons (Fsp3) is 1.00. The van der Waals surface area contributed by atoms with Crippen molar-refractivity contribution < 1.29 is 18.3 Å². The zero-order valence-corrected chi connectivity index (χ0v) is 11.8. The molecule has 0 amide bonds. The average molecular weight is 248 g/mol. The summed E-state index contributed by atoms with van der Waals surface area (Å²) in [5.74, 6) is 0. The zero-order valence-electron chi connectivity index (χ0n) is 10.8. The van der Waals surface area contributed by atoms with Crippen LogP contribution in [0.4, 0.5) is 0 Å². The van der Waals surface area contributed by atoms with Gasteiger partial charge in [-0.25, -0.2) is 0 Å². The number of hydrogen-bond acceptors (Lipinski definition) is 4. The first-order valence-electron chi connectivity index (χ1n) is 6.12. The Morgan fingerprint density at radius 1 is 1.38 bits per heavy atom. The van der Waals surface area contributed by atoms with Gasteiger partial charge in [-0.2, -0.15) is 0 Å². The van der Waals surface area contributed by atoms with Crippen LogP contribution in [-0.2, 0) is 18.3 Å². The average Bonchev–Trinajstić information content (AvgIpc) is 3.05. The first-order valence-corrected chi connectivity index (χ1v) is 8.94. The van der Waals surface area contributed by atoms with Crippen molar-refractivity contribution in [3.8, 4) is 0 Å². The van der Waals surface area contributed by atoms with E-state index < -0.39 is 8.56 Å². The van der Waals surface area contributed by atoms with E-state index >= 15 is 0 Å². The highest BCUT2D eigenvalue weighted by molar-refractivity contribution is 6.64. The Hall–Kier alpha value is 0.0569. The highest BCUT2D eigenvalue weighted by Crippen LogP contribution is 2.16. The smallest absolute Gasteiger partial charge is 0.333 e. The van der Waals surface area contributed by atoms with E-state index in [4.69, 9.17) is 18.3 Å². The van der Waals surface area contributed by atoms with Crippen molar-refractivity contribution >= 4 is 8.56 Å². The van der Waals surface area contributed by atoms with E-state index in [9.17, 15) is 0 Å². The molecule has 0 aliphatic carbocycles. The third-order valence-electron chi connectivity index (χ3n) is 2.27. The van der Waals surface area contributed by atoms with Crippen LogP contribution >= 0.6 is 0 Å². The maximum absolute atomic E-state index is 5.91. The van der Waals surface area contributed by atoms with Gasteiger partial charge in [-0.15, -0.1) is 0 Å². The van der Waals surface area contributed by atoms with Crippen molar-refractivity contribution in [2.24, 2.45) is 0 Å². The van der Waals surface area contributed by atoms with E-state index in [1.54, 1.807) is 0 Å². The first-order chi connectivity index (χ1) is 7.57. The lowest BCUT2D eigenvalue weighted by atomic mass is 10.4. The fourth-order valence-corrected chi connectivity index (χ4v) is 2.94. The second-order valence-corrected chi connectivity index (χ2v) is 7.82. The van der Waals surface area contributed by atoms with Gasteiger partial charge in [0.15, 0.2) is 0 Å². The molecule has 1 fully saturated rings. The van der Waals surface area contributed by atoms with E-state index in [-0.39, 0.29) is 6.29 Å². The largest absolute Gasteiger partial charge is 0.394 e. The first kappa shape index (κ1) is 14.1. The quantitative estimate of drug-likeness (QED) is 0.356. The molecule has 0 aromatic rings. The van der Waals surface area contributed by atoms with Crippen LogP contribution in [0.15, 0.2) is 0 Å². The van der Waals surface area contributed by atoms with Crippen LogP contribution in [0.3, 0.4) is 0 Å². The van der Waals surface area contributed by atoms with Gasteiger partial charge in [-0.05, 0) is 25.9 Å². The Bertz CT molecular complexity index is 194. The topological polar surface area (TPSA) is 40.2 Å². The molecule has 2 atom stereocenters. The SMILES string of the molecule is CCCO[Si](C)(C)OC(CC)OCC1CO1. The minimum absolute atomic E-state index is 0.150. The Morgan fingerprint density at radius 2 is 2.06 bits per heavy atom. The van der Waals surface area contributed by atoms with Crippen LogP contribution in [0.5, 0.6) is 0 Å². The molecule has 2 unspecified atom stereocenters. The van der Waals surface area contributed by atoms with E-state index in [0.717, 1.165) is 26.1 Å². The van der Waals surface area contributed by atoms with E-state index in [1.807, 2.05) is 0 Å². The van der Waals surface area contributed by atoms with Gasteiger partial charge < -0.3 is 18.3 Å². The monoisotopic (exact) mass is 248 g/mol. The van der Waals surface area contributed by atoms with Gasteiger partial charge in [0.2, 0.25) is 0 Å². The summed E-state index contributed by atoms with van der Waals surface area (Å²) >= 11 is 0. The molecular weight excluding hydrogens is 224 g/mol. The second kappa shape index (κ2) is 6.71. The molecule has 0 bridgehead atoms. The molecule has 0 aromatic carbocycles. The third kappa shape index (κ3) is 5.96. The predicted octanol–water partition coefficient (Wildman–Crippen LogP) is 2.28. The minimum Gasteiger partial charge on any atom is -0.394 e. The van der Waals surface area contributed by atoms with Gasteiger partial charge in [0.25, 0.3) is 0 Å². The summed E-state index contributed by atoms with van der Waals surface area (Å²) in [6, 6.07) is 0. The molecule has 0 N–H and O–H groups in total. The molecule has 1 aliphatic rings. The lowest BCUT2D eigenvalue weighted by Gasteiger charge is -2.28. The van der Waals surface area contributed by atoms with Crippen LogP contribution < -0.4 is 0 Å². The third-order valence-corrected chi connectivity index (χ3v) is 4.00. The molecule has 0 radical (unpaired) electrons. The highest BCUT2D eigenvalue weighted by Gasteiger charge is 2.30. The molecule has 0 spiro atoms. The maximum Gasteiger partial charge on any atom is 0.333 e. The molecule has 0 saturated carbocycles. The van der Waals surface area contributed by atoms with Crippen molar-refractivity contribution in [2.45, 2.75) is 52.2 Å². The van der Waals surface area contributed by atoms with Crippen LogP contribution in [0.1, 0.15) is 26.7 Å². The molecule has 1 rings (SSSR count). The standard InChI is InChI=1S/C11H24O4Si/c1-5-7-14-16(3,4)15-11(6-2)13-9-10-8-12-10/h10-11H,5-9H2,1-4H3. The number of epoxide rings is 1. The molecule has 5 heteroatoms. The molecule has 1 aliphatic heterocycles. The maximum atomic E-state index is 5.91. The fourth-order valence-electron chi connectivity index (χ4n) is 1.31. The summed E-state index contributed by atoms with van der Waals surface area (Å²) in [6.07, 6.45) is 2.01. The minimum atomic E-state index is -2.03. The van der Waals surface area contributed by atoms with E-state index in [0.29, 0.717) is 12.7 Å².